The van der Waals surface area contributed by atoms with Gasteiger partial charge in [0.15, 0.2) is 11.0 Å². The van der Waals surface area contributed by atoms with E-state index in [2.05, 4.69) is 15.3 Å². The molecular weight excluding hydrogens is 262 g/mol. The molecule has 0 amide bonds. The number of hydrogen-bond donors (Lipinski definition) is 1. The van der Waals surface area contributed by atoms with Crippen LogP contribution < -0.4 is 5.32 Å². The summed E-state index contributed by atoms with van der Waals surface area (Å²) in [5, 5.41) is 1.94. The van der Waals surface area contributed by atoms with Crippen LogP contribution in [-0.4, -0.2) is 28.9 Å². The SMILES string of the molecule is Cc1nc(Cl)c(NCC(F)(F)C(F)F)nc1C. The van der Waals surface area contributed by atoms with E-state index >= 15 is 0 Å². The van der Waals surface area contributed by atoms with E-state index in [4.69, 9.17) is 11.6 Å². The van der Waals surface area contributed by atoms with E-state index in [1.165, 1.54) is 0 Å². The van der Waals surface area contributed by atoms with Crippen molar-refractivity contribution in [1.29, 1.82) is 0 Å². The molecule has 0 saturated carbocycles. The van der Waals surface area contributed by atoms with E-state index in [-0.39, 0.29) is 11.0 Å². The monoisotopic (exact) mass is 271 g/mol. The first-order valence-corrected chi connectivity index (χ1v) is 5.02. The van der Waals surface area contributed by atoms with Crippen molar-refractivity contribution in [2.45, 2.75) is 26.2 Å². The third-order valence-corrected chi connectivity index (χ3v) is 2.34. The Morgan fingerprint density at radius 3 is 2.29 bits per heavy atom. The molecule has 8 heteroatoms. The van der Waals surface area contributed by atoms with Crippen molar-refractivity contribution in [3.05, 3.63) is 16.5 Å². The molecule has 1 rings (SSSR count). The highest BCUT2D eigenvalue weighted by Gasteiger charge is 2.40. The van der Waals surface area contributed by atoms with Crippen molar-refractivity contribution in [3.63, 3.8) is 0 Å². The molecule has 0 fully saturated rings. The lowest BCUT2D eigenvalue weighted by molar-refractivity contribution is -0.117. The summed E-state index contributed by atoms with van der Waals surface area (Å²) >= 11 is 5.64. The van der Waals surface area contributed by atoms with Crippen molar-refractivity contribution in [1.82, 2.24) is 9.97 Å². The van der Waals surface area contributed by atoms with Gasteiger partial charge in [-0.2, -0.15) is 8.78 Å². The molecule has 0 aliphatic carbocycles. The van der Waals surface area contributed by atoms with Gasteiger partial charge in [-0.05, 0) is 13.8 Å². The van der Waals surface area contributed by atoms with E-state index < -0.39 is 18.9 Å². The largest absolute Gasteiger partial charge is 0.361 e. The maximum atomic E-state index is 12.6. The molecule has 96 valence electrons. The molecule has 1 aromatic heterocycles. The van der Waals surface area contributed by atoms with Crippen LogP contribution in [0.1, 0.15) is 11.4 Å². The summed E-state index contributed by atoms with van der Waals surface area (Å²) in [5.41, 5.74) is 1.03. The quantitative estimate of drug-likeness (QED) is 0.855. The summed E-state index contributed by atoms with van der Waals surface area (Å²) in [6.07, 6.45) is -3.74. The molecule has 1 aromatic rings. The zero-order valence-electron chi connectivity index (χ0n) is 9.07. The Kier molecular flexibility index (Phi) is 4.13. The summed E-state index contributed by atoms with van der Waals surface area (Å²) < 4.78 is 49.1. The molecule has 0 unspecified atom stereocenters. The predicted molar refractivity (Wildman–Crippen MR) is 56.0 cm³/mol. The van der Waals surface area contributed by atoms with Crippen molar-refractivity contribution < 1.29 is 17.6 Å². The molecule has 0 radical (unpaired) electrons. The molecule has 0 saturated heterocycles. The van der Waals surface area contributed by atoms with Gasteiger partial charge in [0, 0.05) is 0 Å². The highest BCUT2D eigenvalue weighted by Crippen LogP contribution is 2.25. The summed E-state index contributed by atoms with van der Waals surface area (Å²) in [4.78, 5) is 7.68. The van der Waals surface area contributed by atoms with Crippen molar-refractivity contribution >= 4 is 17.4 Å². The molecule has 0 bridgehead atoms. The second-order valence-electron chi connectivity index (χ2n) is 3.45. The lowest BCUT2D eigenvalue weighted by Crippen LogP contribution is -2.35. The van der Waals surface area contributed by atoms with Gasteiger partial charge in [0.1, 0.15) is 0 Å². The van der Waals surface area contributed by atoms with Crippen LogP contribution in [0.4, 0.5) is 23.4 Å². The Labute approximate surface area is 100 Å². The third-order valence-electron chi connectivity index (χ3n) is 2.08. The highest BCUT2D eigenvalue weighted by molar-refractivity contribution is 6.31. The summed E-state index contributed by atoms with van der Waals surface area (Å²) in [7, 11) is 0. The topological polar surface area (TPSA) is 37.8 Å². The lowest BCUT2D eigenvalue weighted by atomic mass is 10.3. The van der Waals surface area contributed by atoms with Gasteiger partial charge in [0.25, 0.3) is 0 Å². The maximum Gasteiger partial charge on any atom is 0.324 e. The van der Waals surface area contributed by atoms with E-state index in [9.17, 15) is 17.6 Å². The van der Waals surface area contributed by atoms with Crippen LogP contribution in [0.2, 0.25) is 5.15 Å². The first-order chi connectivity index (χ1) is 7.74. The Morgan fingerprint density at radius 2 is 1.76 bits per heavy atom. The van der Waals surface area contributed by atoms with Crippen LogP contribution >= 0.6 is 11.6 Å². The molecule has 1 N–H and O–H groups in total. The van der Waals surface area contributed by atoms with Crippen molar-refractivity contribution in [2.75, 3.05) is 11.9 Å². The summed E-state index contributed by atoms with van der Waals surface area (Å²) in [5.74, 6) is -4.26. The maximum absolute atomic E-state index is 12.6. The number of rotatable bonds is 4. The molecule has 0 aliphatic rings. The average molecular weight is 272 g/mol. The van der Waals surface area contributed by atoms with Crippen molar-refractivity contribution in [2.24, 2.45) is 0 Å². The number of hydrogen-bond acceptors (Lipinski definition) is 3. The Morgan fingerprint density at radius 1 is 1.24 bits per heavy atom. The molecule has 0 atom stereocenters. The van der Waals surface area contributed by atoms with Gasteiger partial charge in [-0.3, -0.25) is 0 Å². The average Bonchev–Trinajstić information content (AvgIpc) is 2.21. The molecule has 0 spiro atoms. The smallest absolute Gasteiger partial charge is 0.324 e. The Balaban J connectivity index is 2.80. The minimum atomic E-state index is -4.14. The number of halogens is 5. The number of aryl methyl sites for hydroxylation is 2. The fourth-order valence-corrected chi connectivity index (χ4v) is 1.20. The zero-order chi connectivity index (χ0) is 13.2. The van der Waals surface area contributed by atoms with Gasteiger partial charge >= 0.3 is 12.3 Å². The third kappa shape index (κ3) is 3.42. The molecule has 0 aliphatic heterocycles. The van der Waals surface area contributed by atoms with Crippen molar-refractivity contribution in [3.8, 4) is 0 Å². The van der Waals surface area contributed by atoms with Gasteiger partial charge in [-0.1, -0.05) is 11.6 Å². The van der Waals surface area contributed by atoms with Gasteiger partial charge in [0.2, 0.25) is 0 Å². The fraction of sp³-hybridized carbons (Fsp3) is 0.556. The first-order valence-electron chi connectivity index (χ1n) is 4.64. The van der Waals surface area contributed by atoms with Gasteiger partial charge in [-0.25, -0.2) is 18.7 Å². The first kappa shape index (κ1) is 14.0. The van der Waals surface area contributed by atoms with Crippen LogP contribution in [-0.2, 0) is 0 Å². The van der Waals surface area contributed by atoms with Crippen LogP contribution in [0.15, 0.2) is 0 Å². The molecular formula is C9H10ClF4N3. The fourth-order valence-electron chi connectivity index (χ4n) is 0.967. The summed E-state index contributed by atoms with van der Waals surface area (Å²) in [6, 6.07) is 0. The zero-order valence-corrected chi connectivity index (χ0v) is 9.82. The Hall–Kier alpha value is -1.11. The molecule has 1 heterocycles. The highest BCUT2D eigenvalue weighted by atomic mass is 35.5. The van der Waals surface area contributed by atoms with Crippen LogP contribution in [0, 0.1) is 13.8 Å². The minimum absolute atomic E-state index is 0.127. The number of nitrogens with one attached hydrogen (secondary N) is 1. The second-order valence-corrected chi connectivity index (χ2v) is 3.81. The number of alkyl halides is 4. The van der Waals surface area contributed by atoms with Crippen LogP contribution in [0.3, 0.4) is 0 Å². The number of aromatic nitrogens is 2. The van der Waals surface area contributed by atoms with E-state index in [1.807, 2.05) is 0 Å². The molecule has 0 aromatic carbocycles. The minimum Gasteiger partial charge on any atom is -0.361 e. The standard InChI is InChI=1S/C9H10ClF4N3/c1-4-5(2)17-7(6(10)16-4)15-3-9(13,14)8(11)12/h8H,3H2,1-2H3,(H,15,17). The number of nitrogens with zero attached hydrogens (tertiary/aromatic N) is 2. The van der Waals surface area contributed by atoms with E-state index in [0.717, 1.165) is 0 Å². The predicted octanol–water partition coefficient (Wildman–Crippen LogP) is 3.06. The number of anilines is 1. The van der Waals surface area contributed by atoms with E-state index in [1.54, 1.807) is 13.8 Å². The lowest BCUT2D eigenvalue weighted by Gasteiger charge is -2.16. The summed E-state index contributed by atoms with van der Waals surface area (Å²) in [6.45, 7) is 2.00. The van der Waals surface area contributed by atoms with Gasteiger partial charge < -0.3 is 5.32 Å². The van der Waals surface area contributed by atoms with Gasteiger partial charge in [0.05, 0.1) is 17.9 Å². The second kappa shape index (κ2) is 5.03. The molecule has 3 nitrogen and oxygen atoms in total. The van der Waals surface area contributed by atoms with Crippen LogP contribution in [0.25, 0.3) is 0 Å². The van der Waals surface area contributed by atoms with E-state index in [0.29, 0.717) is 11.4 Å². The van der Waals surface area contributed by atoms with Gasteiger partial charge in [-0.15, -0.1) is 0 Å². The molecule has 17 heavy (non-hydrogen) atoms. The normalized spacial score (nSPS) is 12.0. The van der Waals surface area contributed by atoms with Crippen LogP contribution in [0.5, 0.6) is 0 Å². The Bertz CT molecular complexity index is 411.